The Balaban J connectivity index is 1.27. The molecule has 2 aromatic carbocycles. The number of alkyl halides is 3. The van der Waals surface area contributed by atoms with Crippen molar-refractivity contribution in [3.63, 3.8) is 0 Å². The van der Waals surface area contributed by atoms with E-state index in [0.717, 1.165) is 56.5 Å². The number of halogens is 3. The minimum atomic E-state index is -4.45. The third-order valence-electron chi connectivity index (χ3n) is 5.75. The van der Waals surface area contributed by atoms with Crippen molar-refractivity contribution in [1.29, 1.82) is 0 Å². The number of carbonyl (C=O) groups excluding carboxylic acids is 1. The van der Waals surface area contributed by atoms with Crippen molar-refractivity contribution < 1.29 is 18.0 Å². The molecule has 3 aromatic rings. The fourth-order valence-corrected chi connectivity index (χ4v) is 4.02. The van der Waals surface area contributed by atoms with E-state index in [1.54, 1.807) is 0 Å². The van der Waals surface area contributed by atoms with Gasteiger partial charge in [0.15, 0.2) is 0 Å². The lowest BCUT2D eigenvalue weighted by molar-refractivity contribution is -0.137. The van der Waals surface area contributed by atoms with Crippen LogP contribution >= 0.6 is 0 Å². The Morgan fingerprint density at radius 3 is 2.63 bits per heavy atom. The minimum absolute atomic E-state index is 0.0172. The molecule has 158 valence electrons. The molecule has 1 amide bonds. The lowest BCUT2D eigenvalue weighted by Gasteiger charge is -2.32. The first-order valence-electron chi connectivity index (χ1n) is 10.2. The summed E-state index contributed by atoms with van der Waals surface area (Å²) in [5.41, 5.74) is 1.68. The third-order valence-corrected chi connectivity index (χ3v) is 5.75. The molecule has 0 bridgehead atoms. The quantitative estimate of drug-likeness (QED) is 0.639. The van der Waals surface area contributed by atoms with Crippen LogP contribution in [0.2, 0.25) is 0 Å². The van der Waals surface area contributed by atoms with E-state index in [9.17, 15) is 18.0 Å². The highest BCUT2D eigenvalue weighted by Crippen LogP contribution is 2.29. The van der Waals surface area contributed by atoms with Crippen molar-refractivity contribution in [2.75, 3.05) is 19.6 Å². The Bertz CT molecular complexity index is 1020. The summed E-state index contributed by atoms with van der Waals surface area (Å²) in [6, 6.07) is 12.8. The zero-order chi connectivity index (χ0) is 21.1. The zero-order valence-electron chi connectivity index (χ0n) is 16.5. The molecule has 0 atom stereocenters. The van der Waals surface area contributed by atoms with E-state index in [-0.39, 0.29) is 11.6 Å². The van der Waals surface area contributed by atoms with E-state index < -0.39 is 17.6 Å². The summed E-state index contributed by atoms with van der Waals surface area (Å²) in [5, 5.41) is 4.14. The van der Waals surface area contributed by atoms with Crippen LogP contribution in [-0.2, 0) is 12.6 Å². The van der Waals surface area contributed by atoms with Crippen LogP contribution in [-0.4, -0.2) is 41.5 Å². The fourth-order valence-electron chi connectivity index (χ4n) is 4.02. The highest BCUT2D eigenvalue weighted by Gasteiger charge is 2.31. The smallest absolute Gasteiger partial charge is 0.361 e. The summed E-state index contributed by atoms with van der Waals surface area (Å²) in [6.07, 6.45) is 0.140. The van der Waals surface area contributed by atoms with Crippen LogP contribution in [0.4, 0.5) is 13.2 Å². The molecule has 2 N–H and O–H groups in total. The van der Waals surface area contributed by atoms with Crippen LogP contribution in [0, 0.1) is 0 Å². The molecule has 2 heterocycles. The van der Waals surface area contributed by atoms with Gasteiger partial charge in [-0.15, -0.1) is 0 Å². The first-order valence-corrected chi connectivity index (χ1v) is 10.2. The summed E-state index contributed by atoms with van der Waals surface area (Å²) >= 11 is 0. The number of piperidine rings is 1. The lowest BCUT2D eigenvalue weighted by atomic mass is 10.0. The fraction of sp³-hybridized carbons (Fsp3) is 0.348. The molecule has 0 aliphatic carbocycles. The van der Waals surface area contributed by atoms with E-state index in [0.29, 0.717) is 0 Å². The number of aromatic nitrogens is 1. The van der Waals surface area contributed by atoms with E-state index in [2.05, 4.69) is 33.5 Å². The van der Waals surface area contributed by atoms with E-state index >= 15 is 0 Å². The molecule has 0 saturated carbocycles. The summed E-state index contributed by atoms with van der Waals surface area (Å²) in [7, 11) is 0. The molecule has 4 rings (SSSR count). The van der Waals surface area contributed by atoms with Gasteiger partial charge in [-0.2, -0.15) is 13.2 Å². The number of H-pyrrole nitrogens is 1. The summed E-state index contributed by atoms with van der Waals surface area (Å²) < 4.78 is 38.6. The second kappa shape index (κ2) is 8.52. The molecule has 0 radical (unpaired) electrons. The van der Waals surface area contributed by atoms with Crippen molar-refractivity contribution in [1.82, 2.24) is 15.2 Å². The van der Waals surface area contributed by atoms with Gasteiger partial charge in [0.25, 0.3) is 5.91 Å². The number of hydrogen-bond acceptors (Lipinski definition) is 2. The molecule has 1 aliphatic rings. The van der Waals surface area contributed by atoms with Crippen molar-refractivity contribution in [3.05, 3.63) is 71.4 Å². The van der Waals surface area contributed by atoms with Crippen molar-refractivity contribution in [2.45, 2.75) is 31.5 Å². The number of hydrogen-bond donors (Lipinski definition) is 2. The van der Waals surface area contributed by atoms with Crippen LogP contribution in [0.3, 0.4) is 0 Å². The number of amides is 1. The number of aromatic amines is 1. The third kappa shape index (κ3) is 4.67. The molecule has 1 fully saturated rings. The largest absolute Gasteiger partial charge is 0.416 e. The molecule has 0 spiro atoms. The predicted octanol–water partition coefficient (Wildman–Crippen LogP) is 4.62. The Kier molecular flexibility index (Phi) is 5.81. The number of nitrogens with one attached hydrogen (secondary N) is 2. The number of carbonyl (C=O) groups is 1. The maximum Gasteiger partial charge on any atom is 0.416 e. The van der Waals surface area contributed by atoms with Gasteiger partial charge in [-0.05, 0) is 49.1 Å². The van der Waals surface area contributed by atoms with Gasteiger partial charge < -0.3 is 15.2 Å². The maximum atomic E-state index is 12.9. The Morgan fingerprint density at radius 2 is 1.87 bits per heavy atom. The predicted molar refractivity (Wildman–Crippen MR) is 110 cm³/mol. The summed E-state index contributed by atoms with van der Waals surface area (Å²) in [5.74, 6) is -0.446. The van der Waals surface area contributed by atoms with E-state index in [1.807, 2.05) is 12.1 Å². The molecular formula is C23H24F3N3O. The van der Waals surface area contributed by atoms with Gasteiger partial charge in [0.2, 0.25) is 0 Å². The second-order valence-corrected chi connectivity index (χ2v) is 7.78. The van der Waals surface area contributed by atoms with Gasteiger partial charge in [0, 0.05) is 48.3 Å². The monoisotopic (exact) mass is 415 g/mol. The topological polar surface area (TPSA) is 48.1 Å². The van der Waals surface area contributed by atoms with Gasteiger partial charge in [0.1, 0.15) is 0 Å². The zero-order valence-corrected chi connectivity index (χ0v) is 16.5. The molecule has 1 aromatic heterocycles. The highest BCUT2D eigenvalue weighted by molar-refractivity contribution is 5.94. The first kappa shape index (κ1) is 20.5. The van der Waals surface area contributed by atoms with Crippen molar-refractivity contribution >= 4 is 16.8 Å². The molecule has 0 unspecified atom stereocenters. The van der Waals surface area contributed by atoms with Crippen LogP contribution in [0.5, 0.6) is 0 Å². The van der Waals surface area contributed by atoms with Crippen LogP contribution in [0.1, 0.15) is 34.3 Å². The molecule has 1 saturated heterocycles. The molecular weight excluding hydrogens is 391 g/mol. The average molecular weight is 415 g/mol. The van der Waals surface area contributed by atoms with Crippen LogP contribution < -0.4 is 5.32 Å². The summed E-state index contributed by atoms with van der Waals surface area (Å²) in [4.78, 5) is 18.1. The number of para-hydroxylation sites is 1. The van der Waals surface area contributed by atoms with Crippen molar-refractivity contribution in [2.24, 2.45) is 0 Å². The Hall–Kier alpha value is -2.80. The SMILES string of the molecule is O=C(NC1CCN(CCc2c[nH]c3ccccc23)CC1)c1cccc(C(F)(F)F)c1. The molecule has 7 heteroatoms. The number of rotatable bonds is 5. The standard InChI is InChI=1S/C23H24F3N3O/c24-23(25,26)18-5-3-4-16(14-18)22(30)28-19-9-12-29(13-10-19)11-8-17-15-27-21-7-2-1-6-20(17)21/h1-7,14-15,19,27H,8-13H2,(H,28,30). The highest BCUT2D eigenvalue weighted by atomic mass is 19.4. The first-order chi connectivity index (χ1) is 14.4. The number of benzene rings is 2. The Labute approximate surface area is 173 Å². The molecule has 30 heavy (non-hydrogen) atoms. The molecule has 4 nitrogen and oxygen atoms in total. The number of fused-ring (bicyclic) bond motifs is 1. The van der Waals surface area contributed by atoms with Gasteiger partial charge >= 0.3 is 6.18 Å². The summed E-state index contributed by atoms with van der Waals surface area (Å²) in [6.45, 7) is 2.65. The molecule has 1 aliphatic heterocycles. The van der Waals surface area contributed by atoms with Crippen LogP contribution in [0.25, 0.3) is 10.9 Å². The van der Waals surface area contributed by atoms with E-state index in [4.69, 9.17) is 0 Å². The van der Waals surface area contributed by atoms with Gasteiger partial charge in [-0.25, -0.2) is 0 Å². The lowest BCUT2D eigenvalue weighted by Crippen LogP contribution is -2.45. The van der Waals surface area contributed by atoms with Crippen molar-refractivity contribution in [3.8, 4) is 0 Å². The second-order valence-electron chi connectivity index (χ2n) is 7.78. The maximum absolute atomic E-state index is 12.9. The van der Waals surface area contributed by atoms with Gasteiger partial charge in [-0.3, -0.25) is 4.79 Å². The minimum Gasteiger partial charge on any atom is -0.361 e. The van der Waals surface area contributed by atoms with Crippen LogP contribution in [0.15, 0.2) is 54.7 Å². The normalized spacial score (nSPS) is 16.1. The Morgan fingerprint density at radius 1 is 1.10 bits per heavy atom. The van der Waals surface area contributed by atoms with Gasteiger partial charge in [-0.1, -0.05) is 24.3 Å². The number of likely N-dealkylation sites (tertiary alicyclic amines) is 1. The van der Waals surface area contributed by atoms with E-state index in [1.165, 1.54) is 23.1 Å². The average Bonchev–Trinajstić information content (AvgIpc) is 3.16. The number of nitrogens with zero attached hydrogens (tertiary/aromatic N) is 1. The van der Waals surface area contributed by atoms with Gasteiger partial charge in [0.05, 0.1) is 5.56 Å².